The summed E-state index contributed by atoms with van der Waals surface area (Å²) in [4.78, 5) is 11.3. The molecular weight excluding hydrogens is 344 g/mol. The van der Waals surface area contributed by atoms with E-state index in [1.165, 1.54) is 96.3 Å². The number of hydrogen-bond donors (Lipinski definition) is 1. The average Bonchev–Trinajstić information content (AvgIpc) is 2.67. The Morgan fingerprint density at radius 3 is 1.57 bits per heavy atom. The van der Waals surface area contributed by atoms with Crippen LogP contribution in [-0.2, 0) is 6.42 Å². The van der Waals surface area contributed by atoms with Crippen molar-refractivity contribution < 1.29 is 9.90 Å². The van der Waals surface area contributed by atoms with Gasteiger partial charge in [-0.15, -0.1) is 0 Å². The number of carbonyl (C=O) groups is 1. The van der Waals surface area contributed by atoms with Gasteiger partial charge >= 0.3 is 5.97 Å². The molecule has 2 nitrogen and oxygen atoms in total. The molecule has 1 N–H and O–H groups in total. The molecular formula is C26H44O2. The van der Waals surface area contributed by atoms with Gasteiger partial charge in [-0.2, -0.15) is 0 Å². The molecule has 1 aromatic carbocycles. The maximum absolute atomic E-state index is 11.3. The predicted octanol–water partition coefficient (Wildman–Crippen LogP) is 8.50. The third kappa shape index (κ3) is 12.2. The third-order valence-electron chi connectivity index (χ3n) is 5.79. The maximum atomic E-state index is 11.3. The molecule has 160 valence electrons. The van der Waals surface area contributed by atoms with Crippen LogP contribution in [0.4, 0.5) is 0 Å². The summed E-state index contributed by atoms with van der Waals surface area (Å²) in [5, 5.41) is 9.29. The van der Waals surface area contributed by atoms with Crippen LogP contribution in [0.1, 0.15) is 131 Å². The zero-order chi connectivity index (χ0) is 20.5. The standard InChI is InChI=1S/C26H44O2/c1-3-4-5-6-7-8-9-10-11-12-13-14-15-16-17-18-19-24-22-23(2)20-21-25(24)26(27)28/h20-22H,3-19H2,1-2H3,(H,27,28). The molecule has 2 heteroatoms. The predicted molar refractivity (Wildman–Crippen MR) is 121 cm³/mol. The number of aromatic carboxylic acids is 1. The summed E-state index contributed by atoms with van der Waals surface area (Å²) in [6.45, 7) is 4.31. The molecule has 0 heterocycles. The fourth-order valence-electron chi connectivity index (χ4n) is 4.00. The summed E-state index contributed by atoms with van der Waals surface area (Å²) in [6.07, 6.45) is 22.8. The number of hydrogen-bond acceptors (Lipinski definition) is 1. The number of carboxylic acids is 1. The molecule has 0 spiro atoms. The lowest BCUT2D eigenvalue weighted by molar-refractivity contribution is 0.0695. The summed E-state index contributed by atoms with van der Waals surface area (Å²) in [5.41, 5.74) is 2.63. The largest absolute Gasteiger partial charge is 0.478 e. The summed E-state index contributed by atoms with van der Waals surface area (Å²) in [7, 11) is 0. The minimum Gasteiger partial charge on any atom is -0.478 e. The Kier molecular flexibility index (Phi) is 14.7. The summed E-state index contributed by atoms with van der Waals surface area (Å²) >= 11 is 0. The molecule has 1 aromatic rings. The van der Waals surface area contributed by atoms with E-state index in [4.69, 9.17) is 0 Å². The second kappa shape index (κ2) is 16.6. The van der Waals surface area contributed by atoms with Crippen LogP contribution in [0.2, 0.25) is 0 Å². The molecule has 0 aliphatic heterocycles. The van der Waals surface area contributed by atoms with Crippen LogP contribution in [0.3, 0.4) is 0 Å². The first-order valence-electron chi connectivity index (χ1n) is 12.0. The van der Waals surface area contributed by atoms with E-state index in [1.54, 1.807) is 6.07 Å². The fraction of sp³-hybridized carbons (Fsp3) is 0.731. The monoisotopic (exact) mass is 388 g/mol. The van der Waals surface area contributed by atoms with Crippen molar-refractivity contribution in [1.82, 2.24) is 0 Å². The first-order chi connectivity index (χ1) is 13.6. The van der Waals surface area contributed by atoms with Gasteiger partial charge in [-0.3, -0.25) is 0 Å². The molecule has 0 saturated carbocycles. The lowest BCUT2D eigenvalue weighted by Crippen LogP contribution is -2.03. The Morgan fingerprint density at radius 2 is 1.14 bits per heavy atom. The highest BCUT2D eigenvalue weighted by atomic mass is 16.4. The van der Waals surface area contributed by atoms with Gasteiger partial charge in [0.2, 0.25) is 0 Å². The Balaban J connectivity index is 1.91. The van der Waals surface area contributed by atoms with Crippen molar-refractivity contribution in [2.45, 2.75) is 123 Å². The van der Waals surface area contributed by atoms with Crippen molar-refractivity contribution in [2.24, 2.45) is 0 Å². The highest BCUT2D eigenvalue weighted by Gasteiger charge is 2.09. The zero-order valence-electron chi connectivity index (χ0n) is 18.6. The minimum atomic E-state index is -0.800. The zero-order valence-corrected chi connectivity index (χ0v) is 18.6. The van der Waals surface area contributed by atoms with E-state index in [-0.39, 0.29) is 0 Å². The number of carboxylic acid groups (broad SMARTS) is 1. The highest BCUT2D eigenvalue weighted by Crippen LogP contribution is 2.17. The van der Waals surface area contributed by atoms with E-state index in [0.29, 0.717) is 5.56 Å². The van der Waals surface area contributed by atoms with Gasteiger partial charge in [-0.05, 0) is 31.4 Å². The van der Waals surface area contributed by atoms with Crippen LogP contribution < -0.4 is 0 Å². The molecule has 0 aliphatic carbocycles. The molecule has 0 aliphatic rings. The SMILES string of the molecule is CCCCCCCCCCCCCCCCCCc1cc(C)ccc1C(=O)O. The topological polar surface area (TPSA) is 37.3 Å². The van der Waals surface area contributed by atoms with Gasteiger partial charge in [0, 0.05) is 0 Å². The molecule has 0 atom stereocenters. The van der Waals surface area contributed by atoms with Crippen molar-refractivity contribution in [2.75, 3.05) is 0 Å². The molecule has 0 saturated heterocycles. The number of benzene rings is 1. The minimum absolute atomic E-state index is 0.478. The molecule has 0 bridgehead atoms. The van der Waals surface area contributed by atoms with Crippen LogP contribution in [-0.4, -0.2) is 11.1 Å². The first-order valence-corrected chi connectivity index (χ1v) is 12.0. The Labute approximate surface area is 174 Å². The van der Waals surface area contributed by atoms with Gasteiger partial charge in [-0.25, -0.2) is 4.79 Å². The fourth-order valence-corrected chi connectivity index (χ4v) is 4.00. The average molecular weight is 389 g/mol. The summed E-state index contributed by atoms with van der Waals surface area (Å²) in [6, 6.07) is 5.68. The van der Waals surface area contributed by atoms with Crippen LogP contribution in [0.5, 0.6) is 0 Å². The van der Waals surface area contributed by atoms with Crippen LogP contribution >= 0.6 is 0 Å². The van der Waals surface area contributed by atoms with E-state index in [0.717, 1.165) is 24.0 Å². The molecule has 28 heavy (non-hydrogen) atoms. The Hall–Kier alpha value is -1.31. The molecule has 0 unspecified atom stereocenters. The second-order valence-electron chi connectivity index (χ2n) is 8.52. The van der Waals surface area contributed by atoms with E-state index >= 15 is 0 Å². The first kappa shape index (κ1) is 24.7. The quantitative estimate of drug-likeness (QED) is 0.256. The smallest absolute Gasteiger partial charge is 0.335 e. The lowest BCUT2D eigenvalue weighted by Gasteiger charge is -2.07. The number of rotatable bonds is 18. The van der Waals surface area contributed by atoms with Crippen molar-refractivity contribution >= 4 is 5.97 Å². The van der Waals surface area contributed by atoms with Crippen molar-refractivity contribution in [1.29, 1.82) is 0 Å². The van der Waals surface area contributed by atoms with Crippen molar-refractivity contribution in [3.63, 3.8) is 0 Å². The molecule has 0 amide bonds. The molecule has 0 aromatic heterocycles. The molecule has 0 fully saturated rings. The Bertz CT molecular complexity index is 521. The van der Waals surface area contributed by atoms with Gasteiger partial charge in [0.1, 0.15) is 0 Å². The van der Waals surface area contributed by atoms with Crippen molar-refractivity contribution in [3.05, 3.63) is 34.9 Å². The molecule has 1 rings (SSSR count). The van der Waals surface area contributed by atoms with Crippen LogP contribution in [0.25, 0.3) is 0 Å². The van der Waals surface area contributed by atoms with E-state index < -0.39 is 5.97 Å². The number of aryl methyl sites for hydroxylation is 2. The van der Waals surface area contributed by atoms with E-state index in [2.05, 4.69) is 6.92 Å². The van der Waals surface area contributed by atoms with Crippen molar-refractivity contribution in [3.8, 4) is 0 Å². The van der Waals surface area contributed by atoms with Gasteiger partial charge < -0.3 is 5.11 Å². The van der Waals surface area contributed by atoms with E-state index in [1.807, 2.05) is 19.1 Å². The summed E-state index contributed by atoms with van der Waals surface area (Å²) < 4.78 is 0. The third-order valence-corrected chi connectivity index (χ3v) is 5.79. The highest BCUT2D eigenvalue weighted by molar-refractivity contribution is 5.89. The van der Waals surface area contributed by atoms with Gasteiger partial charge in [-0.1, -0.05) is 121 Å². The second-order valence-corrected chi connectivity index (χ2v) is 8.52. The van der Waals surface area contributed by atoms with Gasteiger partial charge in [0.05, 0.1) is 5.56 Å². The number of unbranched alkanes of at least 4 members (excludes halogenated alkanes) is 15. The van der Waals surface area contributed by atoms with E-state index in [9.17, 15) is 9.90 Å². The lowest BCUT2D eigenvalue weighted by atomic mass is 9.98. The summed E-state index contributed by atoms with van der Waals surface area (Å²) in [5.74, 6) is -0.800. The van der Waals surface area contributed by atoms with Crippen LogP contribution in [0, 0.1) is 6.92 Å². The molecule has 0 radical (unpaired) electrons. The van der Waals surface area contributed by atoms with Gasteiger partial charge in [0.25, 0.3) is 0 Å². The Morgan fingerprint density at radius 1 is 0.714 bits per heavy atom. The maximum Gasteiger partial charge on any atom is 0.335 e. The van der Waals surface area contributed by atoms with Gasteiger partial charge in [0.15, 0.2) is 0 Å². The normalized spacial score (nSPS) is 11.1. The van der Waals surface area contributed by atoms with Crippen LogP contribution in [0.15, 0.2) is 18.2 Å².